The molecule has 0 spiro atoms. The van der Waals surface area contributed by atoms with Crippen molar-refractivity contribution >= 4 is 63.3 Å². The average Bonchev–Trinajstić information content (AvgIpc) is 3.20. The number of rotatable bonds is 5. The van der Waals surface area contributed by atoms with Gasteiger partial charge < -0.3 is 4.90 Å². The van der Waals surface area contributed by atoms with Crippen LogP contribution in [0.4, 0.5) is 5.69 Å². The highest BCUT2D eigenvalue weighted by molar-refractivity contribution is 7.73. The maximum absolute atomic E-state index is 13.7. The minimum absolute atomic E-state index is 0.109. The number of amides is 1. The minimum atomic E-state index is -0.226. The van der Waals surface area contributed by atoms with Gasteiger partial charge in [-0.15, -0.1) is 11.3 Å². The van der Waals surface area contributed by atoms with Gasteiger partial charge in [-0.2, -0.15) is 0 Å². The molecular formula is C26H20ClN3O2S2. The molecule has 170 valence electrons. The van der Waals surface area contributed by atoms with Crippen molar-refractivity contribution in [3.05, 3.63) is 98.2 Å². The maximum atomic E-state index is 13.7. The summed E-state index contributed by atoms with van der Waals surface area (Å²) < 4.78 is 4.05. The summed E-state index contributed by atoms with van der Waals surface area (Å²) in [6.45, 7) is 2.30. The molecule has 0 aliphatic heterocycles. The number of aromatic nitrogens is 2. The van der Waals surface area contributed by atoms with E-state index < -0.39 is 0 Å². The van der Waals surface area contributed by atoms with E-state index in [0.29, 0.717) is 26.6 Å². The van der Waals surface area contributed by atoms with Crippen molar-refractivity contribution in [2.24, 2.45) is 0 Å². The number of carbonyl (C=O) groups excluding carboxylic acids is 1. The SMILES string of the molecule is CCN(C(=O)Cn1c(=O)c2ccccc2n2c(=S)sc(-c3ccc(Cl)cc3)c12)c1ccccc1. The maximum Gasteiger partial charge on any atom is 0.262 e. The molecule has 2 aromatic heterocycles. The summed E-state index contributed by atoms with van der Waals surface area (Å²) in [6.07, 6.45) is 0. The van der Waals surface area contributed by atoms with Crippen molar-refractivity contribution in [2.75, 3.05) is 11.4 Å². The summed E-state index contributed by atoms with van der Waals surface area (Å²) in [5.74, 6) is -0.174. The minimum Gasteiger partial charge on any atom is -0.311 e. The van der Waals surface area contributed by atoms with Gasteiger partial charge >= 0.3 is 0 Å². The third kappa shape index (κ3) is 3.86. The number of para-hydroxylation sites is 2. The molecule has 5 aromatic rings. The fraction of sp³-hybridized carbons (Fsp3) is 0.115. The van der Waals surface area contributed by atoms with E-state index in [9.17, 15) is 9.59 Å². The Morgan fingerprint density at radius 3 is 2.38 bits per heavy atom. The lowest BCUT2D eigenvalue weighted by Gasteiger charge is -2.22. The van der Waals surface area contributed by atoms with Gasteiger partial charge in [-0.1, -0.05) is 54.1 Å². The first kappa shape index (κ1) is 22.5. The van der Waals surface area contributed by atoms with E-state index in [1.807, 2.05) is 72.0 Å². The van der Waals surface area contributed by atoms with E-state index in [2.05, 4.69) is 0 Å². The lowest BCUT2D eigenvalue weighted by Crippen LogP contribution is -2.37. The van der Waals surface area contributed by atoms with Gasteiger partial charge in [-0.3, -0.25) is 18.6 Å². The highest BCUT2D eigenvalue weighted by atomic mass is 35.5. The zero-order valence-electron chi connectivity index (χ0n) is 18.3. The predicted octanol–water partition coefficient (Wildman–Crippen LogP) is 6.42. The number of likely N-dealkylation sites (N-methyl/N-ethyl adjacent to an activating group) is 1. The smallest absolute Gasteiger partial charge is 0.262 e. The number of carbonyl (C=O) groups is 1. The van der Waals surface area contributed by atoms with Crippen molar-refractivity contribution in [3.63, 3.8) is 0 Å². The molecule has 2 heterocycles. The Bertz CT molecular complexity index is 1640. The average molecular weight is 506 g/mol. The largest absolute Gasteiger partial charge is 0.311 e. The number of nitrogens with zero attached hydrogens (tertiary/aromatic N) is 3. The Balaban J connectivity index is 1.77. The van der Waals surface area contributed by atoms with Crippen LogP contribution in [0.2, 0.25) is 5.02 Å². The van der Waals surface area contributed by atoms with Crippen molar-refractivity contribution in [1.82, 2.24) is 8.97 Å². The van der Waals surface area contributed by atoms with Gasteiger partial charge in [0, 0.05) is 17.3 Å². The topological polar surface area (TPSA) is 46.7 Å². The van der Waals surface area contributed by atoms with E-state index >= 15 is 0 Å². The monoisotopic (exact) mass is 505 g/mol. The van der Waals surface area contributed by atoms with Gasteiger partial charge in [0.2, 0.25) is 5.91 Å². The normalized spacial score (nSPS) is 11.2. The molecule has 3 aromatic carbocycles. The Labute approximate surface area is 210 Å². The van der Waals surface area contributed by atoms with E-state index in [0.717, 1.165) is 21.6 Å². The molecule has 0 bridgehead atoms. The molecule has 0 fully saturated rings. The van der Waals surface area contributed by atoms with Crippen LogP contribution in [-0.2, 0) is 11.3 Å². The fourth-order valence-electron chi connectivity index (χ4n) is 4.18. The van der Waals surface area contributed by atoms with Gasteiger partial charge in [0.15, 0.2) is 3.95 Å². The number of thiazole rings is 1. The zero-order chi connectivity index (χ0) is 23.8. The Kier molecular flexibility index (Phi) is 6.08. The second-order valence-corrected chi connectivity index (χ2v) is 9.83. The summed E-state index contributed by atoms with van der Waals surface area (Å²) in [6, 6.07) is 24.2. The summed E-state index contributed by atoms with van der Waals surface area (Å²) in [4.78, 5) is 29.7. The predicted molar refractivity (Wildman–Crippen MR) is 143 cm³/mol. The Morgan fingerprint density at radius 1 is 1.00 bits per heavy atom. The van der Waals surface area contributed by atoms with E-state index in [-0.39, 0.29) is 18.0 Å². The number of halogens is 1. The van der Waals surface area contributed by atoms with Gasteiger partial charge in [0.25, 0.3) is 5.56 Å². The van der Waals surface area contributed by atoms with Crippen LogP contribution in [-0.4, -0.2) is 21.4 Å². The van der Waals surface area contributed by atoms with Crippen LogP contribution in [0.15, 0.2) is 83.7 Å². The fourth-order valence-corrected chi connectivity index (χ4v) is 5.74. The van der Waals surface area contributed by atoms with Crippen LogP contribution >= 0.6 is 35.2 Å². The van der Waals surface area contributed by atoms with Crippen molar-refractivity contribution in [1.29, 1.82) is 0 Å². The summed E-state index contributed by atoms with van der Waals surface area (Å²) >= 11 is 13.3. The standard InChI is InChI=1S/C26H20ClN3O2S2/c1-2-28(19-8-4-3-5-9-19)22(31)16-29-24-23(17-12-14-18(27)15-13-17)34-26(33)30(24)21-11-7-6-10-20(21)25(29)32/h3-15H,2,16H2,1H3. The second kappa shape index (κ2) is 9.18. The summed E-state index contributed by atoms with van der Waals surface area (Å²) in [5.41, 5.74) is 2.78. The van der Waals surface area contributed by atoms with Crippen LogP contribution in [0.5, 0.6) is 0 Å². The van der Waals surface area contributed by atoms with Gasteiger partial charge in [0.1, 0.15) is 12.2 Å². The molecule has 0 atom stereocenters. The first-order valence-electron chi connectivity index (χ1n) is 10.8. The molecule has 0 unspecified atom stereocenters. The molecule has 0 aliphatic carbocycles. The number of fused-ring (bicyclic) bond motifs is 3. The van der Waals surface area contributed by atoms with Gasteiger partial charge in [-0.25, -0.2) is 0 Å². The molecule has 1 amide bonds. The molecule has 0 saturated heterocycles. The van der Waals surface area contributed by atoms with Crippen molar-refractivity contribution in [3.8, 4) is 10.4 Å². The van der Waals surface area contributed by atoms with E-state index in [1.165, 1.54) is 11.3 Å². The molecule has 8 heteroatoms. The highest BCUT2D eigenvalue weighted by Crippen LogP contribution is 2.34. The quantitative estimate of drug-likeness (QED) is 0.259. The highest BCUT2D eigenvalue weighted by Gasteiger charge is 2.22. The van der Waals surface area contributed by atoms with Crippen LogP contribution < -0.4 is 10.5 Å². The van der Waals surface area contributed by atoms with Gasteiger partial charge in [-0.05, 0) is 61.1 Å². The van der Waals surface area contributed by atoms with Crippen LogP contribution in [0.3, 0.4) is 0 Å². The van der Waals surface area contributed by atoms with Crippen molar-refractivity contribution < 1.29 is 4.79 Å². The van der Waals surface area contributed by atoms with Crippen molar-refractivity contribution in [2.45, 2.75) is 13.5 Å². The third-order valence-corrected chi connectivity index (χ3v) is 7.41. The van der Waals surface area contributed by atoms with Gasteiger partial charge in [0.05, 0.1) is 15.8 Å². The Morgan fingerprint density at radius 2 is 1.68 bits per heavy atom. The van der Waals surface area contributed by atoms with E-state index in [1.54, 1.807) is 27.7 Å². The second-order valence-electron chi connectivity index (χ2n) is 7.74. The molecule has 5 nitrogen and oxygen atoms in total. The molecule has 0 N–H and O–H groups in total. The number of benzene rings is 3. The number of hydrogen-bond acceptors (Lipinski definition) is 4. The van der Waals surface area contributed by atoms with Crippen LogP contribution in [0.1, 0.15) is 6.92 Å². The van der Waals surface area contributed by atoms with E-state index in [4.69, 9.17) is 23.8 Å². The lowest BCUT2D eigenvalue weighted by atomic mass is 10.2. The molecule has 34 heavy (non-hydrogen) atoms. The number of hydrogen-bond donors (Lipinski definition) is 0. The van der Waals surface area contributed by atoms with Crippen LogP contribution in [0, 0.1) is 3.95 Å². The zero-order valence-corrected chi connectivity index (χ0v) is 20.7. The lowest BCUT2D eigenvalue weighted by molar-refractivity contribution is -0.119. The third-order valence-electron chi connectivity index (χ3n) is 5.75. The van der Waals surface area contributed by atoms with Crippen LogP contribution in [0.25, 0.3) is 27.0 Å². The first-order valence-corrected chi connectivity index (χ1v) is 12.4. The number of anilines is 1. The molecule has 5 rings (SSSR count). The molecule has 0 aliphatic rings. The molecule has 0 radical (unpaired) electrons. The molecular weight excluding hydrogens is 486 g/mol. The molecule has 0 saturated carbocycles. The summed E-state index contributed by atoms with van der Waals surface area (Å²) in [7, 11) is 0. The summed E-state index contributed by atoms with van der Waals surface area (Å²) in [5, 5.41) is 1.14. The Hall–Kier alpha value is -3.26. The first-order chi connectivity index (χ1) is 16.5.